The summed E-state index contributed by atoms with van der Waals surface area (Å²) in [5.41, 5.74) is 2.58. The van der Waals surface area contributed by atoms with Gasteiger partial charge in [-0.05, 0) is 20.8 Å². The molecule has 0 spiro atoms. The second-order valence-corrected chi connectivity index (χ2v) is 4.54. The molecule has 0 aliphatic carbocycles. The van der Waals surface area contributed by atoms with Crippen LogP contribution in [0.25, 0.3) is 0 Å². The SMILES string of the molecule is Cc1ccc(C2=NCC(C)(C)N2)cc1. The minimum atomic E-state index is 0.111. The Kier molecular flexibility index (Phi) is 2.06. The molecule has 1 N–H and O–H groups in total. The molecule has 0 aromatic heterocycles. The normalized spacial score (nSPS) is 18.9. The third kappa shape index (κ3) is 1.79. The van der Waals surface area contributed by atoms with Gasteiger partial charge in [-0.2, -0.15) is 0 Å². The molecule has 1 aliphatic heterocycles. The Morgan fingerprint density at radius 1 is 1.21 bits per heavy atom. The zero-order chi connectivity index (χ0) is 10.2. The van der Waals surface area contributed by atoms with Gasteiger partial charge in [0.1, 0.15) is 5.84 Å². The van der Waals surface area contributed by atoms with Crippen LogP contribution in [-0.2, 0) is 0 Å². The number of aliphatic imine (C=N–C) groups is 1. The lowest BCUT2D eigenvalue weighted by Crippen LogP contribution is -2.39. The fraction of sp³-hybridized carbons (Fsp3) is 0.417. The first kappa shape index (κ1) is 9.25. The largest absolute Gasteiger partial charge is 0.363 e. The molecule has 0 unspecified atom stereocenters. The Hall–Kier alpha value is -1.31. The van der Waals surface area contributed by atoms with Gasteiger partial charge in [-0.3, -0.25) is 4.99 Å². The smallest absolute Gasteiger partial charge is 0.128 e. The summed E-state index contributed by atoms with van der Waals surface area (Å²) in [5, 5.41) is 3.42. The number of nitrogens with one attached hydrogen (secondary N) is 1. The third-order valence-corrected chi connectivity index (χ3v) is 2.41. The molecule has 74 valence electrons. The van der Waals surface area contributed by atoms with Crippen LogP contribution >= 0.6 is 0 Å². The first-order valence-electron chi connectivity index (χ1n) is 4.96. The van der Waals surface area contributed by atoms with Crippen LogP contribution in [0.3, 0.4) is 0 Å². The van der Waals surface area contributed by atoms with Crippen molar-refractivity contribution in [3.8, 4) is 0 Å². The Morgan fingerprint density at radius 3 is 2.36 bits per heavy atom. The van der Waals surface area contributed by atoms with E-state index < -0.39 is 0 Å². The lowest BCUT2D eigenvalue weighted by atomic mass is 10.1. The molecule has 0 fully saturated rings. The van der Waals surface area contributed by atoms with E-state index in [4.69, 9.17) is 0 Å². The Labute approximate surface area is 85.1 Å². The summed E-state index contributed by atoms with van der Waals surface area (Å²) in [6.45, 7) is 7.28. The van der Waals surface area contributed by atoms with E-state index in [1.165, 1.54) is 11.1 Å². The summed E-state index contributed by atoms with van der Waals surface area (Å²) in [5.74, 6) is 1.02. The van der Waals surface area contributed by atoms with Crippen molar-refractivity contribution in [2.45, 2.75) is 26.3 Å². The summed E-state index contributed by atoms with van der Waals surface area (Å²) in [6.07, 6.45) is 0. The standard InChI is InChI=1S/C12H16N2/c1-9-4-6-10(7-5-9)11-13-8-12(2,3)14-11/h4-7H,8H2,1-3H3,(H,13,14). The topological polar surface area (TPSA) is 24.4 Å². The summed E-state index contributed by atoms with van der Waals surface area (Å²) >= 11 is 0. The van der Waals surface area contributed by atoms with Crippen molar-refractivity contribution in [1.82, 2.24) is 5.32 Å². The quantitative estimate of drug-likeness (QED) is 0.717. The van der Waals surface area contributed by atoms with Gasteiger partial charge in [0.25, 0.3) is 0 Å². The van der Waals surface area contributed by atoms with E-state index in [9.17, 15) is 0 Å². The van der Waals surface area contributed by atoms with Crippen molar-refractivity contribution in [1.29, 1.82) is 0 Å². The Bertz CT molecular complexity index is 360. The summed E-state index contributed by atoms with van der Waals surface area (Å²) < 4.78 is 0. The number of hydrogen-bond acceptors (Lipinski definition) is 2. The van der Waals surface area contributed by atoms with E-state index in [0.717, 1.165) is 12.4 Å². The molecule has 0 radical (unpaired) electrons. The molecule has 2 heteroatoms. The predicted octanol–water partition coefficient (Wildman–Crippen LogP) is 2.12. The van der Waals surface area contributed by atoms with E-state index in [1.807, 2.05) is 0 Å². The molecular weight excluding hydrogens is 172 g/mol. The van der Waals surface area contributed by atoms with Gasteiger partial charge in [0.05, 0.1) is 12.1 Å². The summed E-state index contributed by atoms with van der Waals surface area (Å²) in [4.78, 5) is 4.49. The van der Waals surface area contributed by atoms with E-state index in [2.05, 4.69) is 55.3 Å². The fourth-order valence-electron chi connectivity index (χ4n) is 1.55. The molecule has 0 saturated heterocycles. The van der Waals surface area contributed by atoms with Crippen molar-refractivity contribution in [2.24, 2.45) is 4.99 Å². The number of benzene rings is 1. The maximum Gasteiger partial charge on any atom is 0.128 e. The van der Waals surface area contributed by atoms with Gasteiger partial charge in [-0.15, -0.1) is 0 Å². The predicted molar refractivity (Wildman–Crippen MR) is 59.8 cm³/mol. The lowest BCUT2D eigenvalue weighted by Gasteiger charge is -2.18. The molecule has 0 amide bonds. The van der Waals surface area contributed by atoms with Crippen LogP contribution in [0.2, 0.25) is 0 Å². The van der Waals surface area contributed by atoms with Crippen molar-refractivity contribution in [3.05, 3.63) is 35.4 Å². The second kappa shape index (κ2) is 3.12. The first-order chi connectivity index (χ1) is 6.57. The zero-order valence-electron chi connectivity index (χ0n) is 8.96. The van der Waals surface area contributed by atoms with Gasteiger partial charge in [-0.1, -0.05) is 29.8 Å². The molecule has 1 aromatic rings. The number of aryl methyl sites for hydroxylation is 1. The van der Waals surface area contributed by atoms with Crippen LogP contribution in [0.1, 0.15) is 25.0 Å². The van der Waals surface area contributed by atoms with Crippen LogP contribution in [0.5, 0.6) is 0 Å². The van der Waals surface area contributed by atoms with E-state index in [1.54, 1.807) is 0 Å². The van der Waals surface area contributed by atoms with Crippen LogP contribution in [0.4, 0.5) is 0 Å². The molecule has 14 heavy (non-hydrogen) atoms. The highest BCUT2D eigenvalue weighted by atomic mass is 15.1. The van der Waals surface area contributed by atoms with Crippen molar-refractivity contribution >= 4 is 5.84 Å². The highest BCUT2D eigenvalue weighted by Gasteiger charge is 2.24. The number of nitrogens with zero attached hydrogens (tertiary/aromatic N) is 1. The molecule has 1 aromatic carbocycles. The minimum Gasteiger partial charge on any atom is -0.363 e. The Balaban J connectivity index is 2.22. The zero-order valence-corrected chi connectivity index (χ0v) is 8.96. The first-order valence-corrected chi connectivity index (χ1v) is 4.96. The monoisotopic (exact) mass is 188 g/mol. The molecule has 2 rings (SSSR count). The average molecular weight is 188 g/mol. The number of rotatable bonds is 1. The van der Waals surface area contributed by atoms with Crippen LogP contribution in [0.15, 0.2) is 29.3 Å². The highest BCUT2D eigenvalue weighted by Crippen LogP contribution is 2.14. The fourth-order valence-corrected chi connectivity index (χ4v) is 1.55. The van der Waals surface area contributed by atoms with Gasteiger partial charge in [-0.25, -0.2) is 0 Å². The third-order valence-electron chi connectivity index (χ3n) is 2.41. The van der Waals surface area contributed by atoms with Gasteiger partial charge in [0.2, 0.25) is 0 Å². The molecule has 0 atom stereocenters. The van der Waals surface area contributed by atoms with Crippen molar-refractivity contribution < 1.29 is 0 Å². The van der Waals surface area contributed by atoms with Crippen LogP contribution in [0, 0.1) is 6.92 Å². The van der Waals surface area contributed by atoms with E-state index >= 15 is 0 Å². The maximum absolute atomic E-state index is 4.49. The molecule has 0 saturated carbocycles. The minimum absolute atomic E-state index is 0.111. The van der Waals surface area contributed by atoms with Crippen LogP contribution < -0.4 is 5.32 Å². The maximum atomic E-state index is 4.49. The summed E-state index contributed by atoms with van der Waals surface area (Å²) in [6, 6.07) is 8.46. The van der Waals surface area contributed by atoms with Crippen LogP contribution in [-0.4, -0.2) is 17.9 Å². The average Bonchev–Trinajstić information content (AvgIpc) is 2.47. The lowest BCUT2D eigenvalue weighted by molar-refractivity contribution is 0.506. The molecular formula is C12H16N2. The summed E-state index contributed by atoms with van der Waals surface area (Å²) in [7, 11) is 0. The van der Waals surface area contributed by atoms with Gasteiger partial charge in [0, 0.05) is 5.56 Å². The second-order valence-electron chi connectivity index (χ2n) is 4.54. The number of amidine groups is 1. The molecule has 2 nitrogen and oxygen atoms in total. The molecule has 1 aliphatic rings. The van der Waals surface area contributed by atoms with Crippen molar-refractivity contribution in [3.63, 3.8) is 0 Å². The van der Waals surface area contributed by atoms with Gasteiger partial charge >= 0.3 is 0 Å². The molecule has 1 heterocycles. The highest BCUT2D eigenvalue weighted by molar-refractivity contribution is 6.00. The van der Waals surface area contributed by atoms with Crippen molar-refractivity contribution in [2.75, 3.05) is 6.54 Å². The molecule has 0 bridgehead atoms. The Morgan fingerprint density at radius 2 is 1.86 bits per heavy atom. The van der Waals surface area contributed by atoms with E-state index in [-0.39, 0.29) is 5.54 Å². The van der Waals surface area contributed by atoms with Gasteiger partial charge < -0.3 is 5.32 Å². The number of hydrogen-bond donors (Lipinski definition) is 1. The van der Waals surface area contributed by atoms with E-state index in [0.29, 0.717) is 0 Å². The van der Waals surface area contributed by atoms with Gasteiger partial charge in [0.15, 0.2) is 0 Å².